The highest BCUT2D eigenvalue weighted by Crippen LogP contribution is 2.18. The molecule has 0 bridgehead atoms. The molecule has 0 unspecified atom stereocenters. The van der Waals surface area contributed by atoms with E-state index in [2.05, 4.69) is 10.2 Å². The molecule has 4 nitrogen and oxygen atoms in total. The molecule has 0 N–H and O–H groups in total. The van der Waals surface area contributed by atoms with Gasteiger partial charge in [-0.15, -0.1) is 10.2 Å². The van der Waals surface area contributed by atoms with Crippen LogP contribution in [0.3, 0.4) is 0 Å². The van der Waals surface area contributed by atoms with Crippen LogP contribution in [0.25, 0.3) is 16.4 Å². The molecule has 0 aliphatic carbocycles. The van der Waals surface area contributed by atoms with Crippen LogP contribution < -0.4 is 5.43 Å². The fourth-order valence-electron chi connectivity index (χ4n) is 1.86. The van der Waals surface area contributed by atoms with Gasteiger partial charge in [0.25, 0.3) is 0 Å². The minimum atomic E-state index is -0.139. The molecule has 0 aliphatic heterocycles. The van der Waals surface area contributed by atoms with Gasteiger partial charge in [-0.05, 0) is 35.9 Å². The number of rotatable bonds is 1. The fourth-order valence-corrected chi connectivity index (χ4v) is 2.51. The highest BCUT2D eigenvalue weighted by Gasteiger charge is 2.08. The molecule has 0 fully saturated rings. The van der Waals surface area contributed by atoms with Crippen LogP contribution in [0.5, 0.6) is 0 Å². The van der Waals surface area contributed by atoms with Crippen molar-refractivity contribution in [2.24, 2.45) is 0 Å². The van der Waals surface area contributed by atoms with Crippen molar-refractivity contribution in [2.45, 2.75) is 5.16 Å². The quantitative estimate of drug-likeness (QED) is 0.642. The third-order valence-corrected chi connectivity index (χ3v) is 3.59. The van der Waals surface area contributed by atoms with Gasteiger partial charge in [-0.2, -0.15) is 0 Å². The summed E-state index contributed by atoms with van der Waals surface area (Å²) in [6, 6.07) is 7.03. The van der Waals surface area contributed by atoms with Crippen LogP contribution in [0, 0.1) is 0 Å². The van der Waals surface area contributed by atoms with Crippen molar-refractivity contribution >= 4 is 39.8 Å². The molecule has 0 amide bonds. The van der Waals surface area contributed by atoms with Gasteiger partial charge in [-0.3, -0.25) is 9.20 Å². The maximum absolute atomic E-state index is 12.4. The Hall–Kier alpha value is -1.59. The van der Waals surface area contributed by atoms with Gasteiger partial charge in [0.2, 0.25) is 11.1 Å². The van der Waals surface area contributed by atoms with Crippen LogP contribution in [-0.4, -0.2) is 20.9 Å². The lowest BCUT2D eigenvalue weighted by molar-refractivity contribution is 0.925. The second-order valence-electron chi connectivity index (χ2n) is 3.76. The van der Waals surface area contributed by atoms with Gasteiger partial charge in [0.1, 0.15) is 0 Å². The number of halogens is 1. The van der Waals surface area contributed by atoms with E-state index in [1.165, 1.54) is 11.8 Å². The minimum Gasteiger partial charge on any atom is -0.285 e. The molecule has 2 aromatic heterocycles. The van der Waals surface area contributed by atoms with E-state index in [0.29, 0.717) is 21.2 Å². The molecule has 0 aliphatic rings. The van der Waals surface area contributed by atoms with Gasteiger partial charge in [0.15, 0.2) is 5.16 Å². The van der Waals surface area contributed by atoms with E-state index in [4.69, 9.17) is 11.6 Å². The average Bonchev–Trinajstić information content (AvgIpc) is 2.73. The maximum Gasteiger partial charge on any atom is 0.231 e. The SMILES string of the molecule is CSc1nnc2c(=O)c3ccc(Cl)cc3ccn12. The van der Waals surface area contributed by atoms with Gasteiger partial charge >= 0.3 is 0 Å². The van der Waals surface area contributed by atoms with Crippen LogP contribution in [0.2, 0.25) is 5.02 Å². The number of aromatic nitrogens is 3. The molecule has 0 spiro atoms. The van der Waals surface area contributed by atoms with E-state index in [9.17, 15) is 4.79 Å². The summed E-state index contributed by atoms with van der Waals surface area (Å²) >= 11 is 7.38. The smallest absolute Gasteiger partial charge is 0.231 e. The van der Waals surface area contributed by atoms with E-state index in [1.807, 2.05) is 12.3 Å². The summed E-state index contributed by atoms with van der Waals surface area (Å²) < 4.78 is 1.70. The van der Waals surface area contributed by atoms with E-state index < -0.39 is 0 Å². The van der Waals surface area contributed by atoms with E-state index in [-0.39, 0.29) is 5.43 Å². The number of fused-ring (bicyclic) bond motifs is 2. The first-order valence-electron chi connectivity index (χ1n) is 5.22. The Labute approximate surface area is 112 Å². The van der Waals surface area contributed by atoms with Crippen LogP contribution in [0.4, 0.5) is 0 Å². The minimum absolute atomic E-state index is 0.139. The molecule has 0 radical (unpaired) electrons. The summed E-state index contributed by atoms with van der Waals surface area (Å²) in [5.74, 6) is 0. The van der Waals surface area contributed by atoms with Crippen LogP contribution >= 0.6 is 23.4 Å². The largest absolute Gasteiger partial charge is 0.285 e. The third kappa shape index (κ3) is 1.67. The summed E-state index contributed by atoms with van der Waals surface area (Å²) in [6.07, 6.45) is 3.69. The summed E-state index contributed by atoms with van der Waals surface area (Å²) in [4.78, 5) is 12.4. The standard InChI is InChI=1S/C12H8ClN3OS/c1-18-12-15-14-11-10(17)9-3-2-8(13)6-7(9)4-5-16(11)12/h2-6H,1H3. The Balaban J connectivity index is 2.56. The molecule has 3 aromatic rings. The monoisotopic (exact) mass is 277 g/mol. The molecular weight excluding hydrogens is 270 g/mol. The van der Waals surface area contributed by atoms with Crippen LogP contribution in [0.1, 0.15) is 0 Å². The van der Waals surface area contributed by atoms with Crippen LogP contribution in [-0.2, 0) is 0 Å². The Kier molecular flexibility index (Phi) is 2.72. The lowest BCUT2D eigenvalue weighted by Gasteiger charge is -1.91. The fraction of sp³-hybridized carbons (Fsp3) is 0.0833. The predicted octanol–water partition coefficient (Wildman–Crippen LogP) is 2.62. The lowest BCUT2D eigenvalue weighted by Crippen LogP contribution is -2.01. The summed E-state index contributed by atoms with van der Waals surface area (Å²) in [7, 11) is 0. The first-order chi connectivity index (χ1) is 8.70. The number of hydrogen-bond acceptors (Lipinski definition) is 4. The second kappa shape index (κ2) is 4.26. The van der Waals surface area contributed by atoms with E-state index in [0.717, 1.165) is 5.39 Å². The Morgan fingerprint density at radius 3 is 2.89 bits per heavy atom. The Bertz CT molecular complexity index is 815. The molecule has 18 heavy (non-hydrogen) atoms. The van der Waals surface area contributed by atoms with Gasteiger partial charge in [0.05, 0.1) is 0 Å². The van der Waals surface area contributed by atoms with E-state index >= 15 is 0 Å². The Morgan fingerprint density at radius 1 is 1.28 bits per heavy atom. The molecule has 0 atom stereocenters. The molecule has 3 rings (SSSR count). The first kappa shape index (κ1) is 11.5. The molecule has 90 valence electrons. The molecular formula is C12H8ClN3OS. The summed E-state index contributed by atoms with van der Waals surface area (Å²) in [5.41, 5.74) is 0.191. The molecule has 6 heteroatoms. The van der Waals surface area contributed by atoms with Crippen molar-refractivity contribution in [1.29, 1.82) is 0 Å². The normalized spacial score (nSPS) is 11.2. The predicted molar refractivity (Wildman–Crippen MR) is 73.6 cm³/mol. The summed E-state index contributed by atoms with van der Waals surface area (Å²) in [6.45, 7) is 0. The molecule has 1 aromatic carbocycles. The van der Waals surface area contributed by atoms with Gasteiger partial charge in [-0.1, -0.05) is 23.4 Å². The number of thioether (sulfide) groups is 1. The first-order valence-corrected chi connectivity index (χ1v) is 6.82. The highest BCUT2D eigenvalue weighted by molar-refractivity contribution is 7.98. The van der Waals surface area contributed by atoms with Crippen molar-refractivity contribution in [1.82, 2.24) is 14.6 Å². The highest BCUT2D eigenvalue weighted by atomic mass is 35.5. The van der Waals surface area contributed by atoms with Crippen LogP contribution in [0.15, 0.2) is 40.4 Å². The lowest BCUT2D eigenvalue weighted by atomic mass is 10.2. The third-order valence-electron chi connectivity index (χ3n) is 2.71. The molecule has 0 saturated heterocycles. The summed E-state index contributed by atoms with van der Waals surface area (Å²) in [5, 5.41) is 10.6. The maximum atomic E-state index is 12.4. The van der Waals surface area contributed by atoms with Crippen molar-refractivity contribution in [2.75, 3.05) is 6.26 Å². The van der Waals surface area contributed by atoms with Crippen molar-refractivity contribution in [3.63, 3.8) is 0 Å². The second-order valence-corrected chi connectivity index (χ2v) is 4.97. The zero-order chi connectivity index (χ0) is 12.7. The molecule has 2 heterocycles. The molecule has 0 saturated carbocycles. The van der Waals surface area contributed by atoms with Gasteiger partial charge < -0.3 is 0 Å². The van der Waals surface area contributed by atoms with Crippen molar-refractivity contribution < 1.29 is 0 Å². The van der Waals surface area contributed by atoms with Crippen molar-refractivity contribution in [3.05, 3.63) is 45.7 Å². The Morgan fingerprint density at radius 2 is 2.11 bits per heavy atom. The average molecular weight is 278 g/mol. The number of benzene rings is 1. The zero-order valence-electron chi connectivity index (χ0n) is 9.42. The number of nitrogens with zero attached hydrogens (tertiary/aromatic N) is 3. The van der Waals surface area contributed by atoms with Crippen molar-refractivity contribution in [3.8, 4) is 0 Å². The van der Waals surface area contributed by atoms with E-state index in [1.54, 1.807) is 28.8 Å². The topological polar surface area (TPSA) is 47.3 Å². The number of hydrogen-bond donors (Lipinski definition) is 0. The van der Waals surface area contributed by atoms with Gasteiger partial charge in [-0.25, -0.2) is 0 Å². The zero-order valence-corrected chi connectivity index (χ0v) is 11.0. The van der Waals surface area contributed by atoms with Gasteiger partial charge in [0, 0.05) is 16.6 Å².